The molecule has 14 heavy (non-hydrogen) atoms. The Kier molecular flexibility index (Phi) is 10.9. The summed E-state index contributed by atoms with van der Waals surface area (Å²) in [5.41, 5.74) is 0. The zero-order valence-electron chi connectivity index (χ0n) is 9.80. The molecule has 86 valence electrons. The van der Waals surface area contributed by atoms with Gasteiger partial charge in [0.25, 0.3) is 0 Å². The zero-order chi connectivity index (χ0) is 10.6. The second-order valence-corrected chi connectivity index (χ2v) is 3.89. The normalized spacial score (nSPS) is 13.1. The summed E-state index contributed by atoms with van der Waals surface area (Å²) in [4.78, 5) is 0. The Balaban J connectivity index is 3.15. The van der Waals surface area contributed by atoms with Crippen molar-refractivity contribution < 1.29 is 9.84 Å². The van der Waals surface area contributed by atoms with Crippen molar-refractivity contribution in [1.29, 1.82) is 0 Å². The van der Waals surface area contributed by atoms with Gasteiger partial charge in [-0.05, 0) is 12.3 Å². The van der Waals surface area contributed by atoms with Gasteiger partial charge in [0.2, 0.25) is 0 Å². The minimum absolute atomic E-state index is 0.146. The predicted molar refractivity (Wildman–Crippen MR) is 60.4 cm³/mol. The summed E-state index contributed by atoms with van der Waals surface area (Å²) < 4.78 is 5.21. The molecule has 0 amide bonds. The molecule has 0 aliphatic carbocycles. The molecular weight excluding hydrogens is 176 g/mol. The molecule has 0 saturated carbocycles. The van der Waals surface area contributed by atoms with Crippen LogP contribution in [0.2, 0.25) is 0 Å². The van der Waals surface area contributed by atoms with Crippen LogP contribution in [0.5, 0.6) is 0 Å². The molecule has 0 rings (SSSR count). The molecule has 0 aliphatic heterocycles. The number of hydrogen-bond donors (Lipinski definition) is 1. The molecule has 2 nitrogen and oxygen atoms in total. The van der Waals surface area contributed by atoms with E-state index in [4.69, 9.17) is 9.84 Å². The molecule has 0 fully saturated rings. The summed E-state index contributed by atoms with van der Waals surface area (Å²) in [6.45, 7) is 5.98. The third-order valence-electron chi connectivity index (χ3n) is 2.66. The standard InChI is InChI=1S/C12H26O2/c1-3-7-12(4-2)8-5-6-10-14-11-9-13/h12-13H,3-11H2,1-2H3. The fraction of sp³-hybridized carbons (Fsp3) is 1.00. The summed E-state index contributed by atoms with van der Waals surface area (Å²) >= 11 is 0. The van der Waals surface area contributed by atoms with Crippen LogP contribution in [0.3, 0.4) is 0 Å². The fourth-order valence-electron chi connectivity index (χ4n) is 1.76. The first-order valence-electron chi connectivity index (χ1n) is 6.03. The Hall–Kier alpha value is -0.0800. The van der Waals surface area contributed by atoms with Crippen molar-refractivity contribution in [2.45, 2.75) is 52.4 Å². The third-order valence-corrected chi connectivity index (χ3v) is 2.66. The van der Waals surface area contributed by atoms with Crippen LogP contribution in [0.25, 0.3) is 0 Å². The van der Waals surface area contributed by atoms with E-state index in [0.29, 0.717) is 6.61 Å². The summed E-state index contributed by atoms with van der Waals surface area (Å²) in [5.74, 6) is 0.915. The van der Waals surface area contributed by atoms with E-state index in [2.05, 4.69) is 13.8 Å². The molecule has 0 aliphatic rings. The molecule has 0 aromatic rings. The van der Waals surface area contributed by atoms with Gasteiger partial charge < -0.3 is 9.84 Å². The van der Waals surface area contributed by atoms with Crippen LogP contribution >= 0.6 is 0 Å². The fourth-order valence-corrected chi connectivity index (χ4v) is 1.76. The van der Waals surface area contributed by atoms with Crippen LogP contribution in [0, 0.1) is 5.92 Å². The lowest BCUT2D eigenvalue weighted by molar-refractivity contribution is 0.0889. The maximum Gasteiger partial charge on any atom is 0.0697 e. The Morgan fingerprint density at radius 2 is 1.86 bits per heavy atom. The van der Waals surface area contributed by atoms with E-state index in [0.717, 1.165) is 18.9 Å². The summed E-state index contributed by atoms with van der Waals surface area (Å²) in [6, 6.07) is 0. The maximum absolute atomic E-state index is 8.49. The van der Waals surface area contributed by atoms with E-state index in [-0.39, 0.29) is 6.61 Å². The van der Waals surface area contributed by atoms with Crippen molar-refractivity contribution in [2.75, 3.05) is 19.8 Å². The van der Waals surface area contributed by atoms with E-state index in [1.807, 2.05) is 0 Å². The van der Waals surface area contributed by atoms with Crippen molar-refractivity contribution in [3.8, 4) is 0 Å². The molecule has 2 heteroatoms. The van der Waals surface area contributed by atoms with Crippen molar-refractivity contribution in [2.24, 2.45) is 5.92 Å². The van der Waals surface area contributed by atoms with Crippen LogP contribution in [-0.4, -0.2) is 24.9 Å². The van der Waals surface area contributed by atoms with E-state index in [1.54, 1.807) is 0 Å². The van der Waals surface area contributed by atoms with Gasteiger partial charge in [0.15, 0.2) is 0 Å². The largest absolute Gasteiger partial charge is 0.394 e. The van der Waals surface area contributed by atoms with Gasteiger partial charge in [0.05, 0.1) is 13.2 Å². The van der Waals surface area contributed by atoms with Gasteiger partial charge in [0, 0.05) is 6.61 Å². The number of unbranched alkanes of at least 4 members (excludes halogenated alkanes) is 1. The lowest BCUT2D eigenvalue weighted by Crippen LogP contribution is -2.02. The minimum atomic E-state index is 0.146. The van der Waals surface area contributed by atoms with Crippen molar-refractivity contribution in [1.82, 2.24) is 0 Å². The molecule has 0 aromatic heterocycles. The second kappa shape index (κ2) is 11.0. The average molecular weight is 202 g/mol. The topological polar surface area (TPSA) is 29.5 Å². The van der Waals surface area contributed by atoms with Crippen LogP contribution < -0.4 is 0 Å². The van der Waals surface area contributed by atoms with Crippen LogP contribution in [0.1, 0.15) is 52.4 Å². The number of hydrogen-bond acceptors (Lipinski definition) is 2. The van der Waals surface area contributed by atoms with Crippen molar-refractivity contribution in [3.63, 3.8) is 0 Å². The van der Waals surface area contributed by atoms with E-state index >= 15 is 0 Å². The van der Waals surface area contributed by atoms with Gasteiger partial charge in [-0.2, -0.15) is 0 Å². The molecule has 0 heterocycles. The van der Waals surface area contributed by atoms with Crippen molar-refractivity contribution in [3.05, 3.63) is 0 Å². The van der Waals surface area contributed by atoms with E-state index < -0.39 is 0 Å². The van der Waals surface area contributed by atoms with Gasteiger partial charge in [-0.3, -0.25) is 0 Å². The number of aliphatic hydroxyl groups is 1. The van der Waals surface area contributed by atoms with Gasteiger partial charge in [-0.25, -0.2) is 0 Å². The Morgan fingerprint density at radius 1 is 1.07 bits per heavy atom. The highest BCUT2D eigenvalue weighted by molar-refractivity contribution is 4.56. The van der Waals surface area contributed by atoms with Gasteiger partial charge in [-0.15, -0.1) is 0 Å². The number of aliphatic hydroxyl groups excluding tert-OH is 1. The van der Waals surface area contributed by atoms with Gasteiger partial charge in [-0.1, -0.05) is 46.0 Å². The molecule has 0 radical (unpaired) electrons. The Morgan fingerprint density at radius 3 is 2.43 bits per heavy atom. The molecule has 1 N–H and O–H groups in total. The average Bonchev–Trinajstić information content (AvgIpc) is 2.21. The van der Waals surface area contributed by atoms with Crippen LogP contribution in [0.15, 0.2) is 0 Å². The lowest BCUT2D eigenvalue weighted by Gasteiger charge is -2.12. The lowest BCUT2D eigenvalue weighted by atomic mass is 9.95. The van der Waals surface area contributed by atoms with E-state index in [1.165, 1.54) is 32.1 Å². The molecular formula is C12H26O2. The first-order chi connectivity index (χ1) is 6.85. The first kappa shape index (κ1) is 13.9. The molecule has 0 saturated heterocycles. The number of ether oxygens (including phenoxy) is 1. The van der Waals surface area contributed by atoms with Gasteiger partial charge >= 0.3 is 0 Å². The smallest absolute Gasteiger partial charge is 0.0697 e. The van der Waals surface area contributed by atoms with Crippen LogP contribution in [0.4, 0.5) is 0 Å². The molecule has 1 atom stereocenters. The molecule has 0 bridgehead atoms. The SMILES string of the molecule is CCCC(CC)CCCCOCCO. The highest BCUT2D eigenvalue weighted by Gasteiger charge is 2.03. The minimum Gasteiger partial charge on any atom is -0.394 e. The summed E-state index contributed by atoms with van der Waals surface area (Å²) in [5, 5.41) is 8.49. The monoisotopic (exact) mass is 202 g/mol. The molecule has 0 spiro atoms. The van der Waals surface area contributed by atoms with Crippen LogP contribution in [-0.2, 0) is 4.74 Å². The maximum atomic E-state index is 8.49. The number of rotatable bonds is 10. The second-order valence-electron chi connectivity index (χ2n) is 3.89. The highest BCUT2D eigenvalue weighted by atomic mass is 16.5. The summed E-state index contributed by atoms with van der Waals surface area (Å²) in [7, 11) is 0. The zero-order valence-corrected chi connectivity index (χ0v) is 9.80. The quantitative estimate of drug-likeness (QED) is 0.552. The predicted octanol–water partition coefficient (Wildman–Crippen LogP) is 2.99. The molecule has 0 aromatic carbocycles. The highest BCUT2D eigenvalue weighted by Crippen LogP contribution is 2.17. The Labute approximate surface area is 88.7 Å². The third kappa shape index (κ3) is 8.52. The van der Waals surface area contributed by atoms with E-state index in [9.17, 15) is 0 Å². The van der Waals surface area contributed by atoms with Gasteiger partial charge in [0.1, 0.15) is 0 Å². The molecule has 1 unspecified atom stereocenters. The summed E-state index contributed by atoms with van der Waals surface area (Å²) in [6.07, 6.45) is 7.73. The first-order valence-corrected chi connectivity index (χ1v) is 6.03. The van der Waals surface area contributed by atoms with Crippen molar-refractivity contribution >= 4 is 0 Å². The Bertz CT molecular complexity index is 104.